The van der Waals surface area contributed by atoms with Gasteiger partial charge < -0.3 is 0 Å². The first kappa shape index (κ1) is 9.16. The maximum Gasteiger partial charge on any atom is 0.150 e. The molecule has 0 fully saturated rings. The lowest BCUT2D eigenvalue weighted by Crippen LogP contribution is -1.87. The van der Waals surface area contributed by atoms with Crippen molar-refractivity contribution in [1.29, 1.82) is 0 Å². The molecular formula is C12H10OS. The zero-order valence-corrected chi connectivity index (χ0v) is 8.67. The molecule has 2 heteroatoms. The number of rotatable bonds is 2. The molecule has 2 aromatic rings. The van der Waals surface area contributed by atoms with E-state index in [2.05, 4.69) is 5.38 Å². The Morgan fingerprint density at radius 2 is 2.14 bits per heavy atom. The summed E-state index contributed by atoms with van der Waals surface area (Å²) >= 11 is 1.64. The molecule has 0 aliphatic heterocycles. The first-order chi connectivity index (χ1) is 6.81. The van der Waals surface area contributed by atoms with Gasteiger partial charge in [-0.05, 0) is 40.9 Å². The molecule has 2 rings (SSSR count). The number of benzene rings is 1. The van der Waals surface area contributed by atoms with Gasteiger partial charge in [0.2, 0.25) is 0 Å². The maximum absolute atomic E-state index is 10.9. The molecule has 0 saturated heterocycles. The smallest absolute Gasteiger partial charge is 0.150 e. The predicted molar refractivity (Wildman–Crippen MR) is 59.9 cm³/mol. The van der Waals surface area contributed by atoms with E-state index >= 15 is 0 Å². The topological polar surface area (TPSA) is 17.1 Å². The van der Waals surface area contributed by atoms with Crippen molar-refractivity contribution >= 4 is 17.6 Å². The summed E-state index contributed by atoms with van der Waals surface area (Å²) in [7, 11) is 0. The van der Waals surface area contributed by atoms with Gasteiger partial charge in [0.1, 0.15) is 0 Å². The minimum Gasteiger partial charge on any atom is -0.298 e. The molecule has 1 nitrogen and oxygen atoms in total. The highest BCUT2D eigenvalue weighted by Gasteiger charge is 2.04. The number of hydrogen-bond donors (Lipinski definition) is 0. The van der Waals surface area contributed by atoms with Gasteiger partial charge in [-0.1, -0.05) is 17.7 Å². The minimum absolute atomic E-state index is 0.767. The van der Waals surface area contributed by atoms with Crippen molar-refractivity contribution in [1.82, 2.24) is 0 Å². The Balaban J connectivity index is 2.58. The molecule has 0 saturated carbocycles. The molecule has 0 aliphatic rings. The van der Waals surface area contributed by atoms with Crippen molar-refractivity contribution in [2.45, 2.75) is 6.92 Å². The summed E-state index contributed by atoms with van der Waals surface area (Å²) in [4.78, 5) is 10.9. The van der Waals surface area contributed by atoms with E-state index < -0.39 is 0 Å². The largest absolute Gasteiger partial charge is 0.298 e. The van der Waals surface area contributed by atoms with E-state index in [4.69, 9.17) is 0 Å². The van der Waals surface area contributed by atoms with Crippen LogP contribution in [0, 0.1) is 6.92 Å². The van der Waals surface area contributed by atoms with Crippen LogP contribution >= 0.6 is 11.3 Å². The van der Waals surface area contributed by atoms with Crippen molar-refractivity contribution in [2.24, 2.45) is 0 Å². The molecule has 0 bridgehead atoms. The standard InChI is InChI=1S/C12H10OS/c1-9-2-3-12(11(6-9)7-13)10-4-5-14-8-10/h2-8H,1H3. The van der Waals surface area contributed by atoms with Crippen molar-refractivity contribution in [2.75, 3.05) is 0 Å². The molecule has 0 N–H and O–H groups in total. The van der Waals surface area contributed by atoms with Crippen LogP contribution in [0.4, 0.5) is 0 Å². The number of carbonyl (C=O) groups is 1. The Bertz CT molecular complexity index is 443. The van der Waals surface area contributed by atoms with Crippen LogP contribution in [0.25, 0.3) is 11.1 Å². The Labute approximate surface area is 87.0 Å². The second-order valence-corrected chi connectivity index (χ2v) is 4.00. The lowest BCUT2D eigenvalue weighted by molar-refractivity contribution is 0.112. The van der Waals surface area contributed by atoms with Crippen LogP contribution in [0.15, 0.2) is 35.0 Å². The summed E-state index contributed by atoms with van der Waals surface area (Å²) in [5, 5.41) is 4.07. The van der Waals surface area contributed by atoms with Crippen molar-refractivity contribution in [3.8, 4) is 11.1 Å². The van der Waals surface area contributed by atoms with Gasteiger partial charge in [0, 0.05) is 5.56 Å². The highest BCUT2D eigenvalue weighted by atomic mass is 32.1. The van der Waals surface area contributed by atoms with Gasteiger partial charge in [0.15, 0.2) is 6.29 Å². The highest BCUT2D eigenvalue weighted by molar-refractivity contribution is 7.08. The van der Waals surface area contributed by atoms with Gasteiger partial charge >= 0.3 is 0 Å². The van der Waals surface area contributed by atoms with Crippen molar-refractivity contribution in [3.63, 3.8) is 0 Å². The van der Waals surface area contributed by atoms with Crippen LogP contribution in [0.2, 0.25) is 0 Å². The van der Waals surface area contributed by atoms with Crippen LogP contribution in [0.1, 0.15) is 15.9 Å². The third-order valence-electron chi connectivity index (χ3n) is 2.17. The van der Waals surface area contributed by atoms with Gasteiger partial charge in [0.05, 0.1) is 0 Å². The number of thiophene rings is 1. The molecular weight excluding hydrogens is 192 g/mol. The predicted octanol–water partition coefficient (Wildman–Crippen LogP) is 3.54. The average molecular weight is 202 g/mol. The molecule has 1 aromatic carbocycles. The second-order valence-electron chi connectivity index (χ2n) is 3.22. The van der Waals surface area contributed by atoms with E-state index in [0.29, 0.717) is 0 Å². The summed E-state index contributed by atoms with van der Waals surface area (Å²) in [6.45, 7) is 1.99. The van der Waals surface area contributed by atoms with Gasteiger partial charge in [0.25, 0.3) is 0 Å². The van der Waals surface area contributed by atoms with E-state index in [1.165, 1.54) is 0 Å². The maximum atomic E-state index is 10.9. The van der Waals surface area contributed by atoms with Crippen LogP contribution < -0.4 is 0 Å². The van der Waals surface area contributed by atoms with E-state index in [-0.39, 0.29) is 0 Å². The first-order valence-electron chi connectivity index (χ1n) is 4.39. The van der Waals surface area contributed by atoms with Gasteiger partial charge in [-0.3, -0.25) is 4.79 Å². The molecule has 0 aliphatic carbocycles. The van der Waals surface area contributed by atoms with E-state index in [0.717, 1.165) is 28.5 Å². The van der Waals surface area contributed by atoms with Crippen molar-refractivity contribution in [3.05, 3.63) is 46.2 Å². The highest BCUT2D eigenvalue weighted by Crippen LogP contribution is 2.25. The molecule has 70 valence electrons. The molecule has 0 spiro atoms. The molecule has 0 amide bonds. The molecule has 0 unspecified atom stereocenters. The van der Waals surface area contributed by atoms with Crippen LogP contribution in [0.5, 0.6) is 0 Å². The summed E-state index contributed by atoms with van der Waals surface area (Å²) in [6, 6.07) is 7.98. The quantitative estimate of drug-likeness (QED) is 0.681. The Kier molecular flexibility index (Phi) is 2.46. The van der Waals surface area contributed by atoms with Crippen LogP contribution in [-0.4, -0.2) is 6.29 Å². The van der Waals surface area contributed by atoms with Crippen molar-refractivity contribution < 1.29 is 4.79 Å². The Morgan fingerprint density at radius 3 is 2.79 bits per heavy atom. The zero-order valence-electron chi connectivity index (χ0n) is 7.86. The van der Waals surface area contributed by atoms with E-state index in [1.807, 2.05) is 36.6 Å². The number of carbonyl (C=O) groups excluding carboxylic acids is 1. The fourth-order valence-electron chi connectivity index (χ4n) is 1.46. The second kappa shape index (κ2) is 3.76. The van der Waals surface area contributed by atoms with Gasteiger partial charge in [-0.2, -0.15) is 11.3 Å². The Hall–Kier alpha value is -1.41. The lowest BCUT2D eigenvalue weighted by Gasteiger charge is -2.03. The summed E-state index contributed by atoms with van der Waals surface area (Å²) in [5.41, 5.74) is 4.03. The molecule has 0 radical (unpaired) electrons. The summed E-state index contributed by atoms with van der Waals surface area (Å²) in [6.07, 6.45) is 0.917. The number of aldehydes is 1. The fraction of sp³-hybridized carbons (Fsp3) is 0.0833. The lowest BCUT2D eigenvalue weighted by atomic mass is 10.0. The van der Waals surface area contributed by atoms with Gasteiger partial charge in [-0.15, -0.1) is 0 Å². The fourth-order valence-corrected chi connectivity index (χ4v) is 2.12. The molecule has 0 atom stereocenters. The monoisotopic (exact) mass is 202 g/mol. The normalized spacial score (nSPS) is 10.1. The third kappa shape index (κ3) is 1.61. The summed E-state index contributed by atoms with van der Waals surface area (Å²) < 4.78 is 0. The van der Waals surface area contributed by atoms with Gasteiger partial charge in [-0.25, -0.2) is 0 Å². The summed E-state index contributed by atoms with van der Waals surface area (Å²) in [5.74, 6) is 0. The number of aryl methyl sites for hydroxylation is 1. The number of hydrogen-bond acceptors (Lipinski definition) is 2. The molecule has 1 aromatic heterocycles. The molecule has 1 heterocycles. The average Bonchev–Trinajstić information content (AvgIpc) is 2.70. The molecule has 14 heavy (non-hydrogen) atoms. The first-order valence-corrected chi connectivity index (χ1v) is 5.34. The van der Waals surface area contributed by atoms with Crippen LogP contribution in [0.3, 0.4) is 0 Å². The van der Waals surface area contributed by atoms with E-state index in [9.17, 15) is 4.79 Å². The van der Waals surface area contributed by atoms with Crippen LogP contribution in [-0.2, 0) is 0 Å². The zero-order chi connectivity index (χ0) is 9.97. The Morgan fingerprint density at radius 1 is 1.29 bits per heavy atom. The van der Waals surface area contributed by atoms with E-state index in [1.54, 1.807) is 11.3 Å². The minimum atomic E-state index is 0.767. The SMILES string of the molecule is Cc1ccc(-c2ccsc2)c(C=O)c1. The third-order valence-corrected chi connectivity index (χ3v) is 2.85.